The summed E-state index contributed by atoms with van der Waals surface area (Å²) in [7, 11) is 0. The average molecular weight is 349 g/mol. The summed E-state index contributed by atoms with van der Waals surface area (Å²) >= 11 is 0. The minimum Gasteiger partial charge on any atom is -0.508 e. The normalized spacial score (nSPS) is 11.6. The number of hydrogen-bond acceptors (Lipinski definition) is 2. The predicted molar refractivity (Wildman–Crippen MR) is 109 cm³/mol. The molecule has 0 bridgehead atoms. The average Bonchev–Trinajstić information content (AvgIpc) is 2.57. The van der Waals surface area contributed by atoms with Gasteiger partial charge in [-0.1, -0.05) is 91.9 Å². The van der Waals surface area contributed by atoms with Crippen molar-refractivity contribution in [2.45, 2.75) is 104 Å². The maximum atomic E-state index is 10.4. The molecule has 25 heavy (non-hydrogen) atoms. The third-order valence-electron chi connectivity index (χ3n) is 5.29. The van der Waals surface area contributed by atoms with E-state index >= 15 is 0 Å². The highest BCUT2D eigenvalue weighted by molar-refractivity contribution is 5.46. The van der Waals surface area contributed by atoms with Crippen molar-refractivity contribution in [1.82, 2.24) is 0 Å². The second-order valence-corrected chi connectivity index (χ2v) is 7.96. The highest BCUT2D eigenvalue weighted by Gasteiger charge is 2.16. The van der Waals surface area contributed by atoms with E-state index in [1.807, 2.05) is 13.8 Å². The predicted octanol–water partition coefficient (Wildman–Crippen LogP) is 7.32. The number of hydrogen-bond donors (Lipinski definition) is 2. The van der Waals surface area contributed by atoms with Crippen molar-refractivity contribution in [1.29, 1.82) is 0 Å². The van der Waals surface area contributed by atoms with Crippen molar-refractivity contribution in [2.75, 3.05) is 0 Å². The van der Waals surface area contributed by atoms with Gasteiger partial charge in [0.05, 0.1) is 0 Å². The molecule has 0 aliphatic rings. The van der Waals surface area contributed by atoms with Crippen molar-refractivity contribution in [3.63, 3.8) is 0 Å². The Bertz CT molecular complexity index is 467. The van der Waals surface area contributed by atoms with Gasteiger partial charge in [0.15, 0.2) is 0 Å². The van der Waals surface area contributed by atoms with E-state index in [4.69, 9.17) is 0 Å². The van der Waals surface area contributed by atoms with Crippen LogP contribution in [-0.2, 0) is 6.42 Å². The molecule has 2 heteroatoms. The maximum absolute atomic E-state index is 10.4. The minimum absolute atomic E-state index is 0.221. The molecule has 2 nitrogen and oxygen atoms in total. The fourth-order valence-electron chi connectivity index (χ4n) is 3.64. The van der Waals surface area contributed by atoms with Gasteiger partial charge in [-0.15, -0.1) is 0 Å². The lowest BCUT2D eigenvalue weighted by atomic mass is 9.87. The summed E-state index contributed by atoms with van der Waals surface area (Å²) in [5, 5.41) is 20.7. The van der Waals surface area contributed by atoms with Crippen LogP contribution in [0.15, 0.2) is 12.1 Å². The molecule has 0 spiro atoms. The largest absolute Gasteiger partial charge is 0.508 e. The van der Waals surface area contributed by atoms with Crippen LogP contribution < -0.4 is 0 Å². The molecule has 0 amide bonds. The Hall–Kier alpha value is -1.18. The van der Waals surface area contributed by atoms with Crippen LogP contribution in [0, 0.1) is 5.92 Å². The number of aromatic hydroxyl groups is 2. The van der Waals surface area contributed by atoms with Crippen molar-refractivity contribution >= 4 is 0 Å². The van der Waals surface area contributed by atoms with Crippen LogP contribution in [0.2, 0.25) is 0 Å². The summed E-state index contributed by atoms with van der Waals surface area (Å²) in [5.74, 6) is 1.52. The summed E-state index contributed by atoms with van der Waals surface area (Å²) < 4.78 is 0. The van der Waals surface area contributed by atoms with Gasteiger partial charge in [0.1, 0.15) is 11.5 Å². The van der Waals surface area contributed by atoms with E-state index in [9.17, 15) is 10.2 Å². The summed E-state index contributed by atoms with van der Waals surface area (Å²) in [6, 6.07) is 3.57. The number of benzene rings is 1. The van der Waals surface area contributed by atoms with Gasteiger partial charge in [0.25, 0.3) is 0 Å². The molecule has 0 radical (unpaired) electrons. The molecule has 0 heterocycles. The highest BCUT2D eigenvalue weighted by atomic mass is 16.3. The van der Waals surface area contributed by atoms with Crippen molar-refractivity contribution in [2.24, 2.45) is 5.92 Å². The third kappa shape index (κ3) is 8.16. The molecule has 0 saturated carbocycles. The van der Waals surface area contributed by atoms with E-state index in [0.29, 0.717) is 17.4 Å². The van der Waals surface area contributed by atoms with Gasteiger partial charge in [0, 0.05) is 5.56 Å². The van der Waals surface area contributed by atoms with Gasteiger partial charge < -0.3 is 10.2 Å². The van der Waals surface area contributed by atoms with Gasteiger partial charge in [-0.25, -0.2) is 0 Å². The lowest BCUT2D eigenvalue weighted by molar-refractivity contribution is 0.391. The van der Waals surface area contributed by atoms with Crippen LogP contribution >= 0.6 is 0 Å². The van der Waals surface area contributed by atoms with E-state index < -0.39 is 0 Å². The van der Waals surface area contributed by atoms with Gasteiger partial charge in [-0.3, -0.25) is 0 Å². The Morgan fingerprint density at radius 3 is 1.80 bits per heavy atom. The second kappa shape index (κ2) is 12.2. The molecule has 0 aliphatic carbocycles. The third-order valence-corrected chi connectivity index (χ3v) is 5.29. The Kier molecular flexibility index (Phi) is 10.7. The Balaban J connectivity index is 2.72. The smallest absolute Gasteiger partial charge is 0.119 e. The van der Waals surface area contributed by atoms with Crippen LogP contribution in [0.5, 0.6) is 11.5 Å². The van der Waals surface area contributed by atoms with Crippen LogP contribution in [0.1, 0.15) is 109 Å². The monoisotopic (exact) mass is 348 g/mol. The first-order valence-electron chi connectivity index (χ1n) is 10.5. The van der Waals surface area contributed by atoms with Crippen LogP contribution in [0.3, 0.4) is 0 Å². The van der Waals surface area contributed by atoms with Crippen molar-refractivity contribution in [3.05, 3.63) is 23.3 Å². The molecular weight excluding hydrogens is 308 g/mol. The standard InChI is InChI=1S/C23H40O2/c1-5-7-9-11-13-19(14-12-10-8-6-2)15-20-16-23(25)21(18(3)4)17-22(20)24/h16-19,24-25H,5-15H2,1-4H3. The number of rotatable bonds is 13. The fraction of sp³-hybridized carbons (Fsp3) is 0.739. The quantitative estimate of drug-likeness (QED) is 0.289. The van der Waals surface area contributed by atoms with Gasteiger partial charge in [0.2, 0.25) is 0 Å². The lowest BCUT2D eigenvalue weighted by Gasteiger charge is -2.19. The molecule has 2 N–H and O–H groups in total. The first kappa shape index (κ1) is 21.9. The molecular formula is C23H40O2. The van der Waals surface area contributed by atoms with Crippen LogP contribution in [0.25, 0.3) is 0 Å². The number of phenols is 2. The Morgan fingerprint density at radius 1 is 0.760 bits per heavy atom. The van der Waals surface area contributed by atoms with Crippen molar-refractivity contribution in [3.8, 4) is 11.5 Å². The first-order chi connectivity index (χ1) is 12.0. The minimum atomic E-state index is 0.221. The SMILES string of the molecule is CCCCCCC(CCCCCC)Cc1cc(O)c(C(C)C)cc1O. The van der Waals surface area contributed by atoms with E-state index in [1.54, 1.807) is 12.1 Å². The molecule has 1 rings (SSSR count). The van der Waals surface area contributed by atoms with Crippen LogP contribution in [-0.4, -0.2) is 10.2 Å². The van der Waals surface area contributed by atoms with Crippen molar-refractivity contribution < 1.29 is 10.2 Å². The fourth-order valence-corrected chi connectivity index (χ4v) is 3.64. The molecule has 0 unspecified atom stereocenters. The molecule has 144 valence electrons. The van der Waals surface area contributed by atoms with Crippen LogP contribution in [0.4, 0.5) is 0 Å². The molecule has 0 aromatic heterocycles. The van der Waals surface area contributed by atoms with E-state index in [0.717, 1.165) is 17.5 Å². The van der Waals surface area contributed by atoms with E-state index in [-0.39, 0.29) is 5.92 Å². The number of unbranched alkanes of at least 4 members (excludes halogenated alkanes) is 6. The van der Waals surface area contributed by atoms with Gasteiger partial charge >= 0.3 is 0 Å². The summed E-state index contributed by atoms with van der Waals surface area (Å²) in [6.45, 7) is 8.58. The zero-order chi connectivity index (χ0) is 18.7. The lowest BCUT2D eigenvalue weighted by Crippen LogP contribution is -2.06. The molecule has 0 saturated heterocycles. The zero-order valence-electron chi connectivity index (χ0n) is 17.0. The zero-order valence-corrected chi connectivity index (χ0v) is 17.0. The Morgan fingerprint density at radius 2 is 1.32 bits per heavy atom. The molecule has 0 atom stereocenters. The molecule has 0 fully saturated rings. The maximum Gasteiger partial charge on any atom is 0.119 e. The molecule has 1 aromatic carbocycles. The van der Waals surface area contributed by atoms with E-state index in [1.165, 1.54) is 64.2 Å². The topological polar surface area (TPSA) is 40.5 Å². The first-order valence-corrected chi connectivity index (χ1v) is 10.5. The number of phenolic OH excluding ortho intramolecular Hbond substituents is 2. The van der Waals surface area contributed by atoms with Gasteiger partial charge in [-0.05, 0) is 36.0 Å². The Labute approximate surface area is 155 Å². The summed E-state index contributed by atoms with van der Waals surface area (Å²) in [6.07, 6.45) is 13.7. The molecule has 1 aromatic rings. The summed E-state index contributed by atoms with van der Waals surface area (Å²) in [4.78, 5) is 0. The van der Waals surface area contributed by atoms with E-state index in [2.05, 4.69) is 13.8 Å². The van der Waals surface area contributed by atoms with Gasteiger partial charge in [-0.2, -0.15) is 0 Å². The molecule has 0 aliphatic heterocycles. The highest BCUT2D eigenvalue weighted by Crippen LogP contribution is 2.34. The second-order valence-electron chi connectivity index (χ2n) is 7.96. The summed E-state index contributed by atoms with van der Waals surface area (Å²) in [5.41, 5.74) is 1.75.